The standard InChI is InChI=1S/C13H24ClNO4/c1-3-6-11(7-4-2)13(17)19-10-18-12(16)8-5-9-15-14/h11,15H,3-10H2,1-2H3. The monoisotopic (exact) mass is 293 g/mol. The molecule has 0 amide bonds. The molecule has 0 saturated heterocycles. The van der Waals surface area contributed by atoms with Crippen LogP contribution in [-0.2, 0) is 19.1 Å². The van der Waals surface area contributed by atoms with E-state index in [0.29, 0.717) is 13.0 Å². The lowest BCUT2D eigenvalue weighted by molar-refractivity contribution is -0.170. The van der Waals surface area contributed by atoms with Crippen LogP contribution >= 0.6 is 11.8 Å². The van der Waals surface area contributed by atoms with Gasteiger partial charge >= 0.3 is 11.9 Å². The zero-order chi connectivity index (χ0) is 14.5. The van der Waals surface area contributed by atoms with Crippen LogP contribution in [0.4, 0.5) is 0 Å². The van der Waals surface area contributed by atoms with Gasteiger partial charge in [-0.05, 0) is 31.0 Å². The fourth-order valence-corrected chi connectivity index (χ4v) is 1.85. The summed E-state index contributed by atoms with van der Waals surface area (Å²) < 4.78 is 9.78. The number of hydrogen-bond acceptors (Lipinski definition) is 5. The highest BCUT2D eigenvalue weighted by Crippen LogP contribution is 2.15. The van der Waals surface area contributed by atoms with E-state index in [0.717, 1.165) is 25.7 Å². The van der Waals surface area contributed by atoms with E-state index in [9.17, 15) is 9.59 Å². The second kappa shape index (κ2) is 12.2. The van der Waals surface area contributed by atoms with Gasteiger partial charge in [0.1, 0.15) is 0 Å². The van der Waals surface area contributed by atoms with Crippen LogP contribution in [0.5, 0.6) is 0 Å². The predicted octanol–water partition coefficient (Wildman–Crippen LogP) is 2.77. The molecule has 0 atom stereocenters. The van der Waals surface area contributed by atoms with Crippen molar-refractivity contribution < 1.29 is 19.1 Å². The molecule has 0 rings (SSSR count). The van der Waals surface area contributed by atoms with Crippen molar-refractivity contribution in [3.8, 4) is 0 Å². The van der Waals surface area contributed by atoms with Crippen molar-refractivity contribution in [1.29, 1.82) is 0 Å². The van der Waals surface area contributed by atoms with Crippen molar-refractivity contribution in [3.05, 3.63) is 0 Å². The van der Waals surface area contributed by atoms with Crippen LogP contribution in [0.2, 0.25) is 0 Å². The van der Waals surface area contributed by atoms with E-state index in [2.05, 4.69) is 4.84 Å². The first-order valence-electron chi connectivity index (χ1n) is 6.81. The average molecular weight is 294 g/mol. The molecule has 0 aromatic carbocycles. The summed E-state index contributed by atoms with van der Waals surface area (Å²) >= 11 is 5.25. The SMILES string of the molecule is CCCC(CCC)C(=O)OCOC(=O)CCCNCl. The van der Waals surface area contributed by atoms with E-state index >= 15 is 0 Å². The largest absolute Gasteiger partial charge is 0.428 e. The van der Waals surface area contributed by atoms with Gasteiger partial charge in [-0.1, -0.05) is 26.7 Å². The zero-order valence-corrected chi connectivity index (χ0v) is 12.5. The molecule has 1 N–H and O–H groups in total. The van der Waals surface area contributed by atoms with Crippen LogP contribution in [0.1, 0.15) is 52.4 Å². The van der Waals surface area contributed by atoms with Gasteiger partial charge in [0.2, 0.25) is 6.79 Å². The number of carbonyl (C=O) groups excluding carboxylic acids is 2. The molecule has 0 bridgehead atoms. The van der Waals surface area contributed by atoms with Crippen LogP contribution in [0, 0.1) is 5.92 Å². The molecule has 5 nitrogen and oxygen atoms in total. The molecule has 0 radical (unpaired) electrons. The van der Waals surface area contributed by atoms with Gasteiger partial charge < -0.3 is 9.47 Å². The van der Waals surface area contributed by atoms with Crippen molar-refractivity contribution in [2.45, 2.75) is 52.4 Å². The third-order valence-corrected chi connectivity index (χ3v) is 2.87. The Labute approximate surface area is 120 Å². The Morgan fingerprint density at radius 3 is 2.32 bits per heavy atom. The lowest BCUT2D eigenvalue weighted by atomic mass is 9.99. The summed E-state index contributed by atoms with van der Waals surface area (Å²) in [6.45, 7) is 4.29. The molecule has 0 aromatic rings. The normalized spacial score (nSPS) is 10.5. The topological polar surface area (TPSA) is 64.6 Å². The van der Waals surface area contributed by atoms with Gasteiger partial charge in [0.25, 0.3) is 0 Å². The lowest BCUT2D eigenvalue weighted by Gasteiger charge is -2.14. The highest BCUT2D eigenvalue weighted by atomic mass is 35.5. The van der Waals surface area contributed by atoms with Crippen LogP contribution in [0.15, 0.2) is 0 Å². The van der Waals surface area contributed by atoms with E-state index in [1.807, 2.05) is 13.8 Å². The number of ether oxygens (including phenoxy) is 2. The molecule has 6 heteroatoms. The second-order valence-corrected chi connectivity index (χ2v) is 4.63. The quantitative estimate of drug-likeness (QED) is 0.275. The van der Waals surface area contributed by atoms with Crippen molar-refractivity contribution >= 4 is 23.7 Å². The Hall–Kier alpha value is -0.810. The number of halogens is 1. The van der Waals surface area contributed by atoms with E-state index in [1.54, 1.807) is 0 Å². The Balaban J connectivity index is 3.78. The van der Waals surface area contributed by atoms with Gasteiger partial charge in [-0.25, -0.2) is 4.84 Å². The number of rotatable bonds is 11. The fraction of sp³-hybridized carbons (Fsp3) is 0.846. The summed E-state index contributed by atoms with van der Waals surface area (Å²) in [6, 6.07) is 0. The number of carbonyl (C=O) groups is 2. The molecule has 0 aromatic heterocycles. The third-order valence-electron chi connectivity index (χ3n) is 2.68. The maximum absolute atomic E-state index is 11.7. The highest BCUT2D eigenvalue weighted by Gasteiger charge is 2.18. The van der Waals surface area contributed by atoms with Gasteiger partial charge in [-0.15, -0.1) is 0 Å². The number of nitrogens with one attached hydrogen (secondary N) is 1. The first kappa shape index (κ1) is 18.2. The average Bonchev–Trinajstić information content (AvgIpc) is 2.38. The van der Waals surface area contributed by atoms with Gasteiger partial charge in [-0.2, -0.15) is 0 Å². The van der Waals surface area contributed by atoms with Crippen molar-refractivity contribution in [2.75, 3.05) is 13.3 Å². The van der Waals surface area contributed by atoms with Crippen LogP contribution < -0.4 is 4.84 Å². The molecule has 19 heavy (non-hydrogen) atoms. The molecule has 112 valence electrons. The van der Waals surface area contributed by atoms with E-state index in [1.165, 1.54) is 0 Å². The summed E-state index contributed by atoms with van der Waals surface area (Å²) in [7, 11) is 0. The first-order chi connectivity index (χ1) is 9.15. The van der Waals surface area contributed by atoms with Crippen LogP contribution in [0.25, 0.3) is 0 Å². The minimum Gasteiger partial charge on any atom is -0.428 e. The maximum atomic E-state index is 11.7. The summed E-state index contributed by atoms with van der Waals surface area (Å²) in [5.74, 6) is -0.754. The molecule has 0 fully saturated rings. The second-order valence-electron chi connectivity index (χ2n) is 4.36. The molecule has 0 saturated carbocycles. The minimum absolute atomic E-state index is 0.0887. The van der Waals surface area contributed by atoms with Crippen molar-refractivity contribution in [3.63, 3.8) is 0 Å². The molecular weight excluding hydrogens is 270 g/mol. The maximum Gasteiger partial charge on any atom is 0.311 e. The summed E-state index contributed by atoms with van der Waals surface area (Å²) in [5, 5.41) is 0. The molecule has 0 aliphatic heterocycles. The van der Waals surface area contributed by atoms with Crippen LogP contribution in [-0.4, -0.2) is 25.3 Å². The summed E-state index contributed by atoms with van der Waals surface area (Å²) in [6.07, 6.45) is 4.33. The van der Waals surface area contributed by atoms with Crippen molar-refractivity contribution in [2.24, 2.45) is 5.92 Å². The Morgan fingerprint density at radius 2 is 1.79 bits per heavy atom. The van der Waals surface area contributed by atoms with E-state index in [-0.39, 0.29) is 31.1 Å². The van der Waals surface area contributed by atoms with Crippen molar-refractivity contribution in [1.82, 2.24) is 4.84 Å². The molecule has 0 unspecified atom stereocenters. The number of hydrogen-bond donors (Lipinski definition) is 1. The molecule has 0 aliphatic rings. The van der Waals surface area contributed by atoms with Gasteiger partial charge in [0, 0.05) is 13.0 Å². The van der Waals surface area contributed by atoms with Gasteiger partial charge in [0.15, 0.2) is 0 Å². The predicted molar refractivity (Wildman–Crippen MR) is 73.4 cm³/mol. The zero-order valence-electron chi connectivity index (χ0n) is 11.7. The smallest absolute Gasteiger partial charge is 0.311 e. The minimum atomic E-state index is -0.387. The Bertz CT molecular complexity index is 255. The molecule has 0 spiro atoms. The van der Waals surface area contributed by atoms with E-state index in [4.69, 9.17) is 21.3 Å². The van der Waals surface area contributed by atoms with Gasteiger partial charge in [0.05, 0.1) is 5.92 Å². The Kier molecular flexibility index (Phi) is 11.7. The lowest BCUT2D eigenvalue weighted by Crippen LogP contribution is -2.20. The van der Waals surface area contributed by atoms with E-state index < -0.39 is 0 Å². The third kappa shape index (κ3) is 9.73. The van der Waals surface area contributed by atoms with Crippen LogP contribution in [0.3, 0.4) is 0 Å². The summed E-state index contributed by atoms with van der Waals surface area (Å²) in [5.41, 5.74) is 0. The first-order valence-corrected chi connectivity index (χ1v) is 7.19. The molecule has 0 heterocycles. The van der Waals surface area contributed by atoms with Gasteiger partial charge in [-0.3, -0.25) is 9.59 Å². The fourth-order valence-electron chi connectivity index (χ4n) is 1.72. The molecule has 0 aliphatic carbocycles. The number of esters is 2. The molecular formula is C13H24ClNO4. The summed E-state index contributed by atoms with van der Waals surface area (Å²) in [4.78, 5) is 25.4. The Morgan fingerprint density at radius 1 is 1.16 bits per heavy atom. The highest BCUT2D eigenvalue weighted by molar-refractivity contribution is 6.13.